The molecule has 1 fully saturated rings. The van der Waals surface area contributed by atoms with E-state index in [1.54, 1.807) is 0 Å². The van der Waals surface area contributed by atoms with E-state index in [1.165, 1.54) is 16.7 Å². The van der Waals surface area contributed by atoms with E-state index in [0.29, 0.717) is 5.75 Å². The van der Waals surface area contributed by atoms with E-state index in [4.69, 9.17) is 0 Å². The summed E-state index contributed by atoms with van der Waals surface area (Å²) < 4.78 is 0. The van der Waals surface area contributed by atoms with Crippen LogP contribution >= 0.6 is 0 Å². The molecule has 2 N–H and O–H groups in total. The number of aryl methyl sites for hydroxylation is 2. The molecule has 0 radical (unpaired) electrons. The summed E-state index contributed by atoms with van der Waals surface area (Å²) in [5.74, 6) is 0.325. The van der Waals surface area contributed by atoms with Gasteiger partial charge in [-0.15, -0.1) is 0 Å². The standard InChI is InChI=1S/C24H34N2O2/c1-18-12-22(28)13-19(2)23(18)21-8-6-20(7-9-21)14-26-11-5-10-24(16-26,17-27)15-25(3)4/h6-9,12-13,27-28H,5,10-11,14-17H2,1-4H3. The monoisotopic (exact) mass is 382 g/mol. The van der Waals surface area contributed by atoms with Crippen molar-refractivity contribution in [3.63, 3.8) is 0 Å². The van der Waals surface area contributed by atoms with Crippen molar-refractivity contribution in [2.45, 2.75) is 33.2 Å². The van der Waals surface area contributed by atoms with Gasteiger partial charge in [-0.25, -0.2) is 0 Å². The van der Waals surface area contributed by atoms with Crippen molar-refractivity contribution in [2.24, 2.45) is 5.41 Å². The van der Waals surface area contributed by atoms with Crippen molar-refractivity contribution >= 4 is 0 Å². The van der Waals surface area contributed by atoms with Gasteiger partial charge in [-0.05, 0) is 87.3 Å². The second kappa shape index (κ2) is 8.64. The van der Waals surface area contributed by atoms with Gasteiger partial charge in [0.25, 0.3) is 0 Å². The summed E-state index contributed by atoms with van der Waals surface area (Å²) >= 11 is 0. The summed E-state index contributed by atoms with van der Waals surface area (Å²) in [5, 5.41) is 19.8. The molecular formula is C24H34N2O2. The number of aromatic hydroxyl groups is 1. The highest BCUT2D eigenvalue weighted by Crippen LogP contribution is 2.33. The van der Waals surface area contributed by atoms with E-state index in [9.17, 15) is 10.2 Å². The zero-order valence-electron chi connectivity index (χ0n) is 17.7. The molecule has 0 saturated carbocycles. The SMILES string of the molecule is Cc1cc(O)cc(C)c1-c1ccc(CN2CCCC(CO)(CN(C)C)C2)cc1. The quantitative estimate of drug-likeness (QED) is 0.798. The Kier molecular flexibility index (Phi) is 6.43. The van der Waals surface area contributed by atoms with Crippen LogP contribution in [-0.2, 0) is 6.54 Å². The lowest BCUT2D eigenvalue weighted by molar-refractivity contribution is 0.0105. The fourth-order valence-electron chi connectivity index (χ4n) is 4.86. The maximum absolute atomic E-state index is 10.0. The molecule has 1 heterocycles. The number of nitrogens with zero attached hydrogens (tertiary/aromatic N) is 2. The Labute approximate surface area is 169 Å². The van der Waals surface area contributed by atoms with E-state index >= 15 is 0 Å². The highest BCUT2D eigenvalue weighted by molar-refractivity contribution is 5.72. The maximum Gasteiger partial charge on any atom is 0.116 e. The van der Waals surface area contributed by atoms with Gasteiger partial charge < -0.3 is 15.1 Å². The van der Waals surface area contributed by atoms with Crippen LogP contribution in [0.5, 0.6) is 5.75 Å². The largest absolute Gasteiger partial charge is 0.508 e. The van der Waals surface area contributed by atoms with E-state index < -0.39 is 0 Å². The molecule has 0 spiro atoms. The molecule has 2 aromatic rings. The average Bonchev–Trinajstić information content (AvgIpc) is 2.62. The van der Waals surface area contributed by atoms with Crippen LogP contribution in [0, 0.1) is 19.3 Å². The normalized spacial score (nSPS) is 20.6. The number of phenols is 1. The van der Waals surface area contributed by atoms with Gasteiger partial charge in [0.1, 0.15) is 5.75 Å². The van der Waals surface area contributed by atoms with Crippen LogP contribution in [0.3, 0.4) is 0 Å². The van der Waals surface area contributed by atoms with Gasteiger partial charge in [-0.1, -0.05) is 24.3 Å². The predicted octanol–water partition coefficient (Wildman–Crippen LogP) is 3.81. The second-order valence-electron chi connectivity index (χ2n) is 8.86. The Balaban J connectivity index is 1.73. The minimum atomic E-state index is -0.0119. The molecule has 4 heteroatoms. The summed E-state index contributed by atoms with van der Waals surface area (Å²) in [5.41, 5.74) is 5.87. The van der Waals surface area contributed by atoms with Crippen molar-refractivity contribution in [2.75, 3.05) is 40.3 Å². The smallest absolute Gasteiger partial charge is 0.116 e. The van der Waals surface area contributed by atoms with Crippen LogP contribution in [0.4, 0.5) is 0 Å². The molecule has 152 valence electrons. The van der Waals surface area contributed by atoms with E-state index in [2.05, 4.69) is 48.2 Å². The molecule has 1 aliphatic rings. The van der Waals surface area contributed by atoms with Crippen molar-refractivity contribution in [1.82, 2.24) is 9.80 Å². The third-order valence-corrected chi connectivity index (χ3v) is 5.89. The maximum atomic E-state index is 10.0. The topological polar surface area (TPSA) is 46.9 Å². The van der Waals surface area contributed by atoms with Crippen LogP contribution in [-0.4, -0.2) is 60.3 Å². The minimum Gasteiger partial charge on any atom is -0.508 e. The third kappa shape index (κ3) is 4.75. The van der Waals surface area contributed by atoms with Crippen LogP contribution < -0.4 is 0 Å². The average molecular weight is 383 g/mol. The Morgan fingerprint density at radius 3 is 2.29 bits per heavy atom. The first kappa shape index (κ1) is 20.8. The molecule has 0 aliphatic carbocycles. The molecular weight excluding hydrogens is 348 g/mol. The van der Waals surface area contributed by atoms with Gasteiger partial charge in [0.2, 0.25) is 0 Å². The van der Waals surface area contributed by atoms with E-state index in [-0.39, 0.29) is 12.0 Å². The van der Waals surface area contributed by atoms with Gasteiger partial charge in [0.15, 0.2) is 0 Å². The number of benzene rings is 2. The number of rotatable bonds is 6. The Bertz CT molecular complexity index is 778. The Morgan fingerprint density at radius 1 is 1.07 bits per heavy atom. The highest BCUT2D eigenvalue weighted by Gasteiger charge is 2.35. The summed E-state index contributed by atoms with van der Waals surface area (Å²) in [6.45, 7) is 8.22. The second-order valence-corrected chi connectivity index (χ2v) is 8.86. The molecule has 1 aliphatic heterocycles. The molecule has 2 aromatic carbocycles. The molecule has 1 atom stereocenters. The predicted molar refractivity (Wildman–Crippen MR) is 116 cm³/mol. The lowest BCUT2D eigenvalue weighted by Crippen LogP contribution is -2.49. The van der Waals surface area contributed by atoms with E-state index in [0.717, 1.165) is 50.1 Å². The molecule has 1 saturated heterocycles. The summed E-state index contributed by atoms with van der Waals surface area (Å²) in [4.78, 5) is 4.67. The summed E-state index contributed by atoms with van der Waals surface area (Å²) in [6.07, 6.45) is 2.23. The number of likely N-dealkylation sites (tertiary alicyclic amines) is 1. The number of aliphatic hydroxyl groups excluding tert-OH is 1. The zero-order valence-corrected chi connectivity index (χ0v) is 17.7. The molecule has 1 unspecified atom stereocenters. The van der Waals surface area contributed by atoms with Gasteiger partial charge in [-0.3, -0.25) is 4.90 Å². The molecule has 28 heavy (non-hydrogen) atoms. The number of hydrogen-bond acceptors (Lipinski definition) is 4. The number of hydrogen-bond donors (Lipinski definition) is 2. The van der Waals surface area contributed by atoms with Crippen LogP contribution in [0.1, 0.15) is 29.5 Å². The third-order valence-electron chi connectivity index (χ3n) is 5.89. The molecule has 0 bridgehead atoms. The van der Waals surface area contributed by atoms with E-state index in [1.807, 2.05) is 26.0 Å². The van der Waals surface area contributed by atoms with Crippen LogP contribution in [0.2, 0.25) is 0 Å². The molecule has 0 aromatic heterocycles. The number of phenolic OH excluding ortho intramolecular Hbond substituents is 1. The number of aliphatic hydroxyl groups is 1. The van der Waals surface area contributed by atoms with Crippen LogP contribution in [0.25, 0.3) is 11.1 Å². The summed E-state index contributed by atoms with van der Waals surface area (Å²) in [7, 11) is 4.17. The summed E-state index contributed by atoms with van der Waals surface area (Å²) in [6, 6.07) is 12.4. The Hall–Kier alpha value is -1.88. The number of piperidine rings is 1. The lowest BCUT2D eigenvalue weighted by Gasteiger charge is -2.43. The lowest BCUT2D eigenvalue weighted by atomic mass is 9.80. The first-order valence-electron chi connectivity index (χ1n) is 10.2. The van der Waals surface area contributed by atoms with Crippen molar-refractivity contribution in [3.05, 3.63) is 53.1 Å². The van der Waals surface area contributed by atoms with Crippen LogP contribution in [0.15, 0.2) is 36.4 Å². The zero-order chi connectivity index (χ0) is 20.3. The molecule has 3 rings (SSSR count). The van der Waals surface area contributed by atoms with Gasteiger partial charge in [0.05, 0.1) is 6.61 Å². The fraction of sp³-hybridized carbons (Fsp3) is 0.500. The molecule has 0 amide bonds. The van der Waals surface area contributed by atoms with Crippen molar-refractivity contribution in [3.8, 4) is 16.9 Å². The molecule has 4 nitrogen and oxygen atoms in total. The van der Waals surface area contributed by atoms with Gasteiger partial charge in [-0.2, -0.15) is 0 Å². The fourth-order valence-corrected chi connectivity index (χ4v) is 4.86. The van der Waals surface area contributed by atoms with Crippen molar-refractivity contribution < 1.29 is 10.2 Å². The minimum absolute atomic E-state index is 0.0119. The van der Waals surface area contributed by atoms with Gasteiger partial charge in [0, 0.05) is 25.0 Å². The van der Waals surface area contributed by atoms with Crippen molar-refractivity contribution in [1.29, 1.82) is 0 Å². The van der Waals surface area contributed by atoms with Gasteiger partial charge >= 0.3 is 0 Å². The first-order chi connectivity index (χ1) is 13.3. The first-order valence-corrected chi connectivity index (χ1v) is 10.2. The Morgan fingerprint density at radius 2 is 1.71 bits per heavy atom. The highest BCUT2D eigenvalue weighted by atomic mass is 16.3.